The van der Waals surface area contributed by atoms with Crippen LogP contribution in [0.4, 0.5) is 5.69 Å². The molecule has 9 nitrogen and oxygen atoms in total. The molecule has 4 aromatic rings. The van der Waals surface area contributed by atoms with E-state index in [1.54, 1.807) is 72.5 Å². The second-order valence-corrected chi connectivity index (χ2v) is 8.44. The Hall–Kier alpha value is -3.92. The molecular formula is C22H21N5O4S. The van der Waals surface area contributed by atoms with Crippen LogP contribution in [0.3, 0.4) is 0 Å². The van der Waals surface area contributed by atoms with Gasteiger partial charge in [-0.1, -0.05) is 0 Å². The van der Waals surface area contributed by atoms with E-state index in [9.17, 15) is 8.42 Å². The molecule has 2 aromatic carbocycles. The number of ether oxygens (including phenoxy) is 2. The molecule has 2 aromatic heterocycles. The predicted octanol–water partition coefficient (Wildman–Crippen LogP) is 3.96. The van der Waals surface area contributed by atoms with Crippen molar-refractivity contribution in [2.45, 2.75) is 18.7 Å². The van der Waals surface area contributed by atoms with Crippen molar-refractivity contribution in [3.8, 4) is 23.2 Å². The van der Waals surface area contributed by atoms with Gasteiger partial charge in [0.15, 0.2) is 5.82 Å². The second-order valence-electron chi connectivity index (χ2n) is 6.76. The SMILES string of the molecule is CCOc1ccc(S(=O)(=O)Nc2ccc(Oc3cc(-n4cccn4)ncn3)cc2)cc1C. The summed E-state index contributed by atoms with van der Waals surface area (Å²) < 4.78 is 40.9. The Morgan fingerprint density at radius 2 is 1.88 bits per heavy atom. The number of hydrogen-bond acceptors (Lipinski definition) is 7. The van der Waals surface area contributed by atoms with Gasteiger partial charge in [-0.2, -0.15) is 5.10 Å². The number of aromatic nitrogens is 4. The standard InChI is InChI=1S/C22H21N5O4S/c1-3-30-20-10-9-19(13-16(20)2)32(28,29)26-17-5-7-18(8-6-17)31-22-14-21(23-15-24-22)27-12-4-11-25-27/h4-15,26H,3H2,1-2H3. The Morgan fingerprint density at radius 1 is 1.06 bits per heavy atom. The van der Waals surface area contributed by atoms with Crippen molar-refractivity contribution in [1.29, 1.82) is 0 Å². The van der Waals surface area contributed by atoms with Crippen molar-refractivity contribution in [2.75, 3.05) is 11.3 Å². The van der Waals surface area contributed by atoms with E-state index in [4.69, 9.17) is 9.47 Å². The van der Waals surface area contributed by atoms with Gasteiger partial charge in [-0.05, 0) is 67.9 Å². The van der Waals surface area contributed by atoms with Crippen LogP contribution in [0, 0.1) is 6.92 Å². The molecule has 0 amide bonds. The molecule has 0 saturated carbocycles. The Balaban J connectivity index is 1.46. The van der Waals surface area contributed by atoms with Gasteiger partial charge in [0.05, 0.1) is 11.5 Å². The molecule has 10 heteroatoms. The van der Waals surface area contributed by atoms with Crippen molar-refractivity contribution in [3.05, 3.63) is 78.9 Å². The molecule has 0 saturated heterocycles. The first-order valence-corrected chi connectivity index (χ1v) is 11.3. The molecule has 4 rings (SSSR count). The van der Waals surface area contributed by atoms with Gasteiger partial charge in [0.2, 0.25) is 5.88 Å². The molecule has 32 heavy (non-hydrogen) atoms. The Kier molecular flexibility index (Phi) is 6.04. The molecule has 0 unspecified atom stereocenters. The minimum Gasteiger partial charge on any atom is -0.494 e. The first-order valence-electron chi connectivity index (χ1n) is 9.81. The van der Waals surface area contributed by atoms with Crippen molar-refractivity contribution in [2.24, 2.45) is 0 Å². The van der Waals surface area contributed by atoms with Crippen LogP contribution < -0.4 is 14.2 Å². The lowest BCUT2D eigenvalue weighted by molar-refractivity contribution is 0.337. The van der Waals surface area contributed by atoms with E-state index in [1.807, 2.05) is 6.92 Å². The van der Waals surface area contributed by atoms with Crippen molar-refractivity contribution in [1.82, 2.24) is 19.7 Å². The van der Waals surface area contributed by atoms with Crippen LogP contribution in [0.5, 0.6) is 17.4 Å². The van der Waals surface area contributed by atoms with E-state index >= 15 is 0 Å². The fraction of sp³-hybridized carbons (Fsp3) is 0.136. The van der Waals surface area contributed by atoms with Gasteiger partial charge in [-0.15, -0.1) is 0 Å². The minimum absolute atomic E-state index is 0.158. The predicted molar refractivity (Wildman–Crippen MR) is 119 cm³/mol. The van der Waals surface area contributed by atoms with E-state index < -0.39 is 10.0 Å². The number of rotatable bonds is 8. The number of hydrogen-bond donors (Lipinski definition) is 1. The highest BCUT2D eigenvalue weighted by Crippen LogP contribution is 2.26. The maximum absolute atomic E-state index is 12.7. The summed E-state index contributed by atoms with van der Waals surface area (Å²) in [6.45, 7) is 4.20. The van der Waals surface area contributed by atoms with Gasteiger partial charge >= 0.3 is 0 Å². The lowest BCUT2D eigenvalue weighted by Gasteiger charge is -2.12. The average molecular weight is 452 g/mol. The zero-order chi connectivity index (χ0) is 22.6. The fourth-order valence-electron chi connectivity index (χ4n) is 2.95. The van der Waals surface area contributed by atoms with Gasteiger partial charge < -0.3 is 9.47 Å². The number of sulfonamides is 1. The summed E-state index contributed by atoms with van der Waals surface area (Å²) in [4.78, 5) is 8.41. The van der Waals surface area contributed by atoms with Crippen LogP contribution in [0.15, 0.2) is 78.2 Å². The van der Waals surface area contributed by atoms with Crippen molar-refractivity contribution >= 4 is 15.7 Å². The summed E-state index contributed by atoms with van der Waals surface area (Å²) in [5.41, 5.74) is 1.15. The molecule has 1 N–H and O–H groups in total. The summed E-state index contributed by atoms with van der Waals surface area (Å²) in [7, 11) is -3.75. The Bertz CT molecular complexity index is 1310. The third kappa shape index (κ3) is 4.86. The highest BCUT2D eigenvalue weighted by Gasteiger charge is 2.16. The molecule has 0 radical (unpaired) electrons. The Labute approximate surface area is 185 Å². The highest BCUT2D eigenvalue weighted by atomic mass is 32.2. The molecule has 2 heterocycles. The van der Waals surface area contributed by atoms with Gasteiger partial charge in [0.1, 0.15) is 17.8 Å². The third-order valence-electron chi connectivity index (χ3n) is 4.45. The van der Waals surface area contributed by atoms with Gasteiger partial charge in [-0.25, -0.2) is 23.1 Å². The molecule has 164 valence electrons. The van der Waals surface area contributed by atoms with Crippen LogP contribution in [0.25, 0.3) is 5.82 Å². The van der Waals surface area contributed by atoms with E-state index in [0.29, 0.717) is 35.5 Å². The molecular weight excluding hydrogens is 430 g/mol. The maximum atomic E-state index is 12.7. The molecule has 0 aliphatic carbocycles. The van der Waals surface area contributed by atoms with E-state index in [0.717, 1.165) is 5.56 Å². The maximum Gasteiger partial charge on any atom is 0.261 e. The van der Waals surface area contributed by atoms with Crippen LogP contribution in [-0.4, -0.2) is 34.8 Å². The van der Waals surface area contributed by atoms with E-state index in [1.165, 1.54) is 12.4 Å². The zero-order valence-electron chi connectivity index (χ0n) is 17.5. The number of benzene rings is 2. The van der Waals surface area contributed by atoms with Crippen LogP contribution in [0.1, 0.15) is 12.5 Å². The summed E-state index contributed by atoms with van der Waals surface area (Å²) in [6.07, 6.45) is 4.80. The molecule has 0 aliphatic rings. The smallest absolute Gasteiger partial charge is 0.261 e. The summed E-state index contributed by atoms with van der Waals surface area (Å²) >= 11 is 0. The summed E-state index contributed by atoms with van der Waals surface area (Å²) in [5, 5.41) is 4.12. The molecule has 0 bridgehead atoms. The van der Waals surface area contributed by atoms with Gasteiger partial charge in [-0.3, -0.25) is 4.72 Å². The van der Waals surface area contributed by atoms with Crippen LogP contribution in [0.2, 0.25) is 0 Å². The molecule has 0 atom stereocenters. The van der Waals surface area contributed by atoms with Crippen molar-refractivity contribution in [3.63, 3.8) is 0 Å². The average Bonchev–Trinajstić information content (AvgIpc) is 3.32. The van der Waals surface area contributed by atoms with E-state index in [2.05, 4.69) is 19.8 Å². The number of nitrogens with zero attached hydrogens (tertiary/aromatic N) is 4. The fourth-order valence-corrected chi connectivity index (χ4v) is 4.09. The second kappa shape index (κ2) is 9.06. The largest absolute Gasteiger partial charge is 0.494 e. The summed E-state index contributed by atoms with van der Waals surface area (Å²) in [5.74, 6) is 2.06. The first-order chi connectivity index (χ1) is 15.4. The lowest BCUT2D eigenvalue weighted by atomic mass is 10.2. The topological polar surface area (TPSA) is 108 Å². The first kappa shape index (κ1) is 21.3. The number of anilines is 1. The third-order valence-corrected chi connectivity index (χ3v) is 5.83. The van der Waals surface area contributed by atoms with Crippen LogP contribution in [-0.2, 0) is 10.0 Å². The van der Waals surface area contributed by atoms with Gasteiger partial charge in [0.25, 0.3) is 10.0 Å². The summed E-state index contributed by atoms with van der Waals surface area (Å²) in [6, 6.07) is 14.7. The molecule has 0 aliphatic heterocycles. The normalized spacial score (nSPS) is 11.2. The number of nitrogens with one attached hydrogen (secondary N) is 1. The van der Waals surface area contributed by atoms with Gasteiger partial charge in [0, 0.05) is 24.1 Å². The monoisotopic (exact) mass is 451 g/mol. The van der Waals surface area contributed by atoms with Crippen molar-refractivity contribution < 1.29 is 17.9 Å². The zero-order valence-corrected chi connectivity index (χ0v) is 18.3. The quantitative estimate of drug-likeness (QED) is 0.432. The Morgan fingerprint density at radius 3 is 2.56 bits per heavy atom. The molecule has 0 fully saturated rings. The number of aryl methyl sites for hydroxylation is 1. The lowest BCUT2D eigenvalue weighted by Crippen LogP contribution is -2.13. The van der Waals surface area contributed by atoms with Crippen LogP contribution >= 0.6 is 0 Å². The minimum atomic E-state index is -3.75. The molecule has 0 spiro atoms. The highest BCUT2D eigenvalue weighted by molar-refractivity contribution is 7.92. The van der Waals surface area contributed by atoms with E-state index in [-0.39, 0.29) is 4.90 Å².